The fraction of sp³-hybridized carbons (Fsp3) is 0.214. The Labute approximate surface area is 124 Å². The molecule has 0 radical (unpaired) electrons. The van der Waals surface area contributed by atoms with Crippen molar-refractivity contribution in [1.82, 2.24) is 4.98 Å². The second-order valence-corrected chi connectivity index (χ2v) is 6.61. The minimum absolute atomic E-state index is 0.252. The largest absolute Gasteiger partial charge is 0.268 e. The number of nitrogens with zero attached hydrogens (tertiary/aromatic N) is 2. The maximum atomic E-state index is 12.5. The molecule has 1 aromatic heterocycles. The number of benzene rings is 1. The lowest BCUT2D eigenvalue weighted by atomic mass is 10.2. The topological polar surface area (TPSA) is 50.3 Å². The number of aromatic nitrogens is 1. The fourth-order valence-electron chi connectivity index (χ4n) is 1.77. The zero-order chi connectivity index (χ0) is 14.6. The van der Waals surface area contributed by atoms with E-state index >= 15 is 0 Å². The van der Waals surface area contributed by atoms with Gasteiger partial charge in [0, 0.05) is 19.1 Å². The molecular formula is C14H15ClN2O2S. The summed E-state index contributed by atoms with van der Waals surface area (Å²) in [7, 11) is -2.05. The molecule has 0 atom stereocenters. The fourth-order valence-corrected chi connectivity index (χ4v) is 3.17. The second kappa shape index (κ2) is 6.24. The summed E-state index contributed by atoms with van der Waals surface area (Å²) in [6, 6.07) is 10.2. The molecule has 1 aromatic carbocycles. The highest BCUT2D eigenvalue weighted by molar-refractivity contribution is 7.92. The SMILES string of the molecule is CN(c1cccnc1)S(=O)(=O)c1ccc(CCCl)cc1. The Kier molecular flexibility index (Phi) is 4.62. The van der Waals surface area contributed by atoms with Crippen molar-refractivity contribution in [3.63, 3.8) is 0 Å². The summed E-state index contributed by atoms with van der Waals surface area (Å²) < 4.78 is 26.2. The summed E-state index contributed by atoms with van der Waals surface area (Å²) >= 11 is 5.66. The minimum Gasteiger partial charge on any atom is -0.268 e. The Morgan fingerprint density at radius 3 is 2.45 bits per heavy atom. The Hall–Kier alpha value is -1.59. The van der Waals surface area contributed by atoms with E-state index in [4.69, 9.17) is 11.6 Å². The first-order valence-electron chi connectivity index (χ1n) is 6.09. The van der Waals surface area contributed by atoms with Crippen LogP contribution in [0.5, 0.6) is 0 Å². The summed E-state index contributed by atoms with van der Waals surface area (Å²) in [5, 5.41) is 0. The molecule has 2 rings (SSSR count). The molecule has 20 heavy (non-hydrogen) atoms. The standard InChI is InChI=1S/C14H15ClN2O2S/c1-17(13-3-2-10-16-11-13)20(18,19)14-6-4-12(5-7-14)8-9-15/h2-7,10-11H,8-9H2,1H3. The van der Waals surface area contributed by atoms with Crippen molar-refractivity contribution in [3.8, 4) is 0 Å². The Morgan fingerprint density at radius 1 is 1.20 bits per heavy atom. The van der Waals surface area contributed by atoms with Gasteiger partial charge >= 0.3 is 0 Å². The van der Waals surface area contributed by atoms with Gasteiger partial charge in [0.1, 0.15) is 0 Å². The van der Waals surface area contributed by atoms with Gasteiger partial charge in [-0.25, -0.2) is 8.42 Å². The van der Waals surface area contributed by atoms with Gasteiger partial charge in [-0.2, -0.15) is 0 Å². The number of hydrogen-bond donors (Lipinski definition) is 0. The predicted molar refractivity (Wildman–Crippen MR) is 80.7 cm³/mol. The highest BCUT2D eigenvalue weighted by Gasteiger charge is 2.21. The maximum Gasteiger partial charge on any atom is 0.264 e. The molecule has 0 unspecified atom stereocenters. The zero-order valence-corrected chi connectivity index (χ0v) is 12.6. The van der Waals surface area contributed by atoms with Crippen molar-refractivity contribution in [2.45, 2.75) is 11.3 Å². The number of alkyl halides is 1. The third-order valence-corrected chi connectivity index (χ3v) is 4.96. The molecule has 6 heteroatoms. The number of sulfonamides is 1. The van der Waals surface area contributed by atoms with E-state index in [-0.39, 0.29) is 4.90 Å². The van der Waals surface area contributed by atoms with Gasteiger partial charge < -0.3 is 0 Å². The Morgan fingerprint density at radius 2 is 1.90 bits per heavy atom. The number of pyridine rings is 1. The van der Waals surface area contributed by atoms with Crippen LogP contribution in [0, 0.1) is 0 Å². The summed E-state index contributed by atoms with van der Waals surface area (Å²) in [5.41, 5.74) is 1.54. The molecule has 0 N–H and O–H groups in total. The van der Waals surface area contributed by atoms with Crippen molar-refractivity contribution in [2.75, 3.05) is 17.2 Å². The molecule has 0 spiro atoms. The number of rotatable bonds is 5. The Balaban J connectivity index is 2.30. The Bertz CT molecular complexity index is 657. The molecule has 0 amide bonds. The lowest BCUT2D eigenvalue weighted by Gasteiger charge is -2.19. The quantitative estimate of drug-likeness (QED) is 0.798. The van der Waals surface area contributed by atoms with Gasteiger partial charge in [0.05, 0.1) is 16.8 Å². The van der Waals surface area contributed by atoms with Gasteiger partial charge in [-0.15, -0.1) is 11.6 Å². The van der Waals surface area contributed by atoms with Crippen molar-refractivity contribution in [1.29, 1.82) is 0 Å². The second-order valence-electron chi connectivity index (χ2n) is 4.27. The average molecular weight is 311 g/mol. The first-order valence-corrected chi connectivity index (χ1v) is 8.07. The lowest BCUT2D eigenvalue weighted by molar-refractivity contribution is 0.594. The molecular weight excluding hydrogens is 296 g/mol. The summed E-state index contributed by atoms with van der Waals surface area (Å²) in [6.45, 7) is 0. The van der Waals surface area contributed by atoms with Crippen molar-refractivity contribution in [3.05, 3.63) is 54.4 Å². The van der Waals surface area contributed by atoms with E-state index in [1.807, 2.05) is 0 Å². The molecule has 0 saturated carbocycles. The monoisotopic (exact) mass is 310 g/mol. The van der Waals surface area contributed by atoms with E-state index in [0.29, 0.717) is 11.6 Å². The van der Waals surface area contributed by atoms with Crippen LogP contribution in [0.2, 0.25) is 0 Å². The van der Waals surface area contributed by atoms with E-state index < -0.39 is 10.0 Å². The van der Waals surface area contributed by atoms with Crippen molar-refractivity contribution < 1.29 is 8.42 Å². The van der Waals surface area contributed by atoms with Crippen LogP contribution in [-0.2, 0) is 16.4 Å². The molecule has 0 saturated heterocycles. The van der Waals surface area contributed by atoms with Crippen LogP contribution in [0.25, 0.3) is 0 Å². The normalized spacial score (nSPS) is 11.3. The van der Waals surface area contributed by atoms with Gasteiger partial charge in [0.15, 0.2) is 0 Å². The van der Waals surface area contributed by atoms with E-state index in [1.54, 1.807) is 42.6 Å². The number of hydrogen-bond acceptors (Lipinski definition) is 3. The molecule has 106 valence electrons. The van der Waals surface area contributed by atoms with Crippen LogP contribution < -0.4 is 4.31 Å². The van der Waals surface area contributed by atoms with E-state index in [1.165, 1.54) is 17.5 Å². The zero-order valence-electron chi connectivity index (χ0n) is 11.0. The van der Waals surface area contributed by atoms with E-state index in [9.17, 15) is 8.42 Å². The minimum atomic E-state index is -3.56. The maximum absolute atomic E-state index is 12.5. The van der Waals surface area contributed by atoms with Crippen LogP contribution >= 0.6 is 11.6 Å². The third kappa shape index (κ3) is 3.11. The molecule has 1 heterocycles. The lowest BCUT2D eigenvalue weighted by Crippen LogP contribution is -2.26. The highest BCUT2D eigenvalue weighted by Crippen LogP contribution is 2.21. The predicted octanol–water partition coefficient (Wildman–Crippen LogP) is 2.69. The first kappa shape index (κ1) is 14.8. The number of aryl methyl sites for hydroxylation is 1. The molecule has 4 nitrogen and oxygen atoms in total. The van der Waals surface area contributed by atoms with Gasteiger partial charge in [0.25, 0.3) is 10.0 Å². The summed E-state index contributed by atoms with van der Waals surface area (Å²) in [6.07, 6.45) is 3.84. The van der Waals surface area contributed by atoms with Crippen LogP contribution in [-0.4, -0.2) is 26.3 Å². The third-order valence-electron chi connectivity index (χ3n) is 2.97. The molecule has 0 aliphatic heterocycles. The van der Waals surface area contributed by atoms with E-state index in [0.717, 1.165) is 12.0 Å². The van der Waals surface area contributed by atoms with Crippen LogP contribution in [0.3, 0.4) is 0 Å². The van der Waals surface area contributed by atoms with Gasteiger partial charge in [-0.1, -0.05) is 12.1 Å². The highest BCUT2D eigenvalue weighted by atomic mass is 35.5. The van der Waals surface area contributed by atoms with Crippen LogP contribution in [0.15, 0.2) is 53.7 Å². The smallest absolute Gasteiger partial charge is 0.264 e. The van der Waals surface area contributed by atoms with Crippen LogP contribution in [0.1, 0.15) is 5.56 Å². The summed E-state index contributed by atoms with van der Waals surface area (Å²) in [5.74, 6) is 0.516. The van der Waals surface area contributed by atoms with Crippen LogP contribution in [0.4, 0.5) is 5.69 Å². The molecule has 0 aliphatic carbocycles. The van der Waals surface area contributed by atoms with Crippen molar-refractivity contribution in [2.24, 2.45) is 0 Å². The van der Waals surface area contributed by atoms with Gasteiger partial charge in [-0.3, -0.25) is 9.29 Å². The molecule has 2 aromatic rings. The van der Waals surface area contributed by atoms with Gasteiger partial charge in [0.2, 0.25) is 0 Å². The van der Waals surface area contributed by atoms with Gasteiger partial charge in [-0.05, 0) is 36.2 Å². The first-order chi connectivity index (χ1) is 9.55. The number of halogens is 1. The molecule has 0 bridgehead atoms. The molecule has 0 aliphatic rings. The molecule has 0 fully saturated rings. The average Bonchev–Trinajstić information content (AvgIpc) is 2.48. The van der Waals surface area contributed by atoms with E-state index in [2.05, 4.69) is 4.98 Å². The summed E-state index contributed by atoms with van der Waals surface area (Å²) in [4.78, 5) is 4.18. The number of anilines is 1. The van der Waals surface area contributed by atoms with Crippen molar-refractivity contribution >= 4 is 27.3 Å².